The normalized spacial score (nSPS) is 20.3. The number of carboxylic acids is 1. The van der Waals surface area contributed by atoms with Gasteiger partial charge in [-0.25, -0.2) is 4.79 Å². The Balaban J connectivity index is 2.42. The van der Waals surface area contributed by atoms with E-state index >= 15 is 0 Å². The molecule has 7 heteroatoms. The monoisotopic (exact) mass is 257 g/mol. The molecule has 0 radical (unpaired) electrons. The minimum absolute atomic E-state index is 0.176. The first kappa shape index (κ1) is 14.4. The van der Waals surface area contributed by atoms with E-state index in [9.17, 15) is 14.4 Å². The fraction of sp³-hybridized carbons (Fsp3) is 0.727. The smallest absolute Gasteiger partial charge is 0.326 e. The summed E-state index contributed by atoms with van der Waals surface area (Å²) >= 11 is 0. The van der Waals surface area contributed by atoms with Crippen molar-refractivity contribution in [2.24, 2.45) is 5.73 Å². The van der Waals surface area contributed by atoms with Crippen LogP contribution in [0.3, 0.4) is 0 Å². The first-order chi connectivity index (χ1) is 8.54. The predicted molar refractivity (Wildman–Crippen MR) is 63.6 cm³/mol. The number of nitrogens with two attached hydrogens (primary N) is 1. The molecule has 5 N–H and O–H groups in total. The molecule has 18 heavy (non-hydrogen) atoms. The number of amides is 2. The van der Waals surface area contributed by atoms with Crippen LogP contribution in [0.15, 0.2) is 0 Å². The number of carbonyl (C=O) groups excluding carboxylic acids is 2. The first-order valence-electron chi connectivity index (χ1n) is 6.07. The van der Waals surface area contributed by atoms with Crippen molar-refractivity contribution in [3.63, 3.8) is 0 Å². The van der Waals surface area contributed by atoms with Gasteiger partial charge in [-0.05, 0) is 32.2 Å². The number of hydrogen-bond acceptors (Lipinski definition) is 4. The van der Waals surface area contributed by atoms with Gasteiger partial charge in [-0.2, -0.15) is 0 Å². The van der Waals surface area contributed by atoms with Crippen LogP contribution in [0.1, 0.15) is 32.1 Å². The van der Waals surface area contributed by atoms with E-state index in [2.05, 4.69) is 10.6 Å². The van der Waals surface area contributed by atoms with Crippen molar-refractivity contribution in [2.75, 3.05) is 6.54 Å². The fourth-order valence-corrected chi connectivity index (χ4v) is 1.83. The zero-order chi connectivity index (χ0) is 13.5. The third-order valence-electron chi connectivity index (χ3n) is 2.87. The Morgan fingerprint density at radius 3 is 2.72 bits per heavy atom. The third kappa shape index (κ3) is 4.33. The van der Waals surface area contributed by atoms with Crippen LogP contribution < -0.4 is 16.4 Å². The maximum atomic E-state index is 11.7. The summed E-state index contributed by atoms with van der Waals surface area (Å²) in [6.45, 7) is 0.499. The molecule has 1 aliphatic heterocycles. The second-order valence-electron chi connectivity index (χ2n) is 4.34. The van der Waals surface area contributed by atoms with Gasteiger partial charge in [0, 0.05) is 6.42 Å². The van der Waals surface area contributed by atoms with Gasteiger partial charge in [0.25, 0.3) is 0 Å². The maximum Gasteiger partial charge on any atom is 0.326 e. The molecule has 1 rings (SSSR count). The molecule has 1 heterocycles. The fourth-order valence-electron chi connectivity index (χ4n) is 1.83. The molecular formula is C11H19N3O4. The average Bonchev–Trinajstić information content (AvgIpc) is 2.74. The standard InChI is InChI=1S/C11H19N3O4/c12-6-2-1-3-8(11(17)18)14-10(16)7-4-5-9(15)13-7/h7-8H,1-6,12H2,(H,13,15)(H,14,16)(H,17,18)/t7-,8-/m0/s1. The van der Waals surface area contributed by atoms with Crippen LogP contribution in [0.4, 0.5) is 0 Å². The lowest BCUT2D eigenvalue weighted by Crippen LogP contribution is -2.48. The SMILES string of the molecule is NCCCC[C@H](NC(=O)[C@@H]1CCC(=O)N1)C(=O)O. The lowest BCUT2D eigenvalue weighted by Gasteiger charge is -2.17. The Kier molecular flexibility index (Phi) is 5.57. The maximum absolute atomic E-state index is 11.7. The van der Waals surface area contributed by atoms with Crippen LogP contribution in [0.25, 0.3) is 0 Å². The van der Waals surface area contributed by atoms with Crippen LogP contribution in [0, 0.1) is 0 Å². The van der Waals surface area contributed by atoms with E-state index in [0.29, 0.717) is 32.2 Å². The number of carboxylic acid groups (broad SMARTS) is 1. The highest BCUT2D eigenvalue weighted by Crippen LogP contribution is 2.08. The summed E-state index contributed by atoms with van der Waals surface area (Å²) in [4.78, 5) is 33.7. The third-order valence-corrected chi connectivity index (χ3v) is 2.87. The van der Waals surface area contributed by atoms with Gasteiger partial charge in [0.05, 0.1) is 0 Å². The van der Waals surface area contributed by atoms with Crippen LogP contribution in [-0.4, -0.2) is 41.5 Å². The zero-order valence-corrected chi connectivity index (χ0v) is 10.1. The molecule has 0 aromatic rings. The minimum Gasteiger partial charge on any atom is -0.480 e. The molecule has 0 unspecified atom stereocenters. The summed E-state index contributed by atoms with van der Waals surface area (Å²) in [5, 5.41) is 13.9. The molecule has 1 fully saturated rings. The summed E-state index contributed by atoms with van der Waals surface area (Å²) < 4.78 is 0. The quantitative estimate of drug-likeness (QED) is 0.434. The molecule has 0 aromatic carbocycles. The summed E-state index contributed by atoms with van der Waals surface area (Å²) in [7, 11) is 0. The van der Waals surface area contributed by atoms with Gasteiger partial charge < -0.3 is 21.5 Å². The average molecular weight is 257 g/mol. The molecule has 102 valence electrons. The zero-order valence-electron chi connectivity index (χ0n) is 10.1. The lowest BCUT2D eigenvalue weighted by molar-refractivity contribution is -0.142. The topological polar surface area (TPSA) is 122 Å². The van der Waals surface area contributed by atoms with E-state index in [-0.39, 0.29) is 5.91 Å². The molecule has 0 aliphatic carbocycles. The number of carbonyl (C=O) groups is 3. The van der Waals surface area contributed by atoms with E-state index in [1.807, 2.05) is 0 Å². The van der Waals surface area contributed by atoms with E-state index < -0.39 is 24.0 Å². The Bertz CT molecular complexity index is 332. The van der Waals surface area contributed by atoms with Gasteiger partial charge in [0.2, 0.25) is 11.8 Å². The Morgan fingerprint density at radius 1 is 1.50 bits per heavy atom. The van der Waals surface area contributed by atoms with Crippen molar-refractivity contribution in [3.8, 4) is 0 Å². The van der Waals surface area contributed by atoms with Crippen molar-refractivity contribution in [1.82, 2.24) is 10.6 Å². The Morgan fingerprint density at radius 2 is 2.22 bits per heavy atom. The molecule has 1 aliphatic rings. The summed E-state index contributed by atoms with van der Waals surface area (Å²) in [6.07, 6.45) is 2.44. The van der Waals surface area contributed by atoms with Crippen molar-refractivity contribution in [3.05, 3.63) is 0 Å². The van der Waals surface area contributed by atoms with E-state index in [0.717, 1.165) is 6.42 Å². The molecule has 2 amide bonds. The van der Waals surface area contributed by atoms with Crippen molar-refractivity contribution < 1.29 is 19.5 Å². The highest BCUT2D eigenvalue weighted by molar-refractivity contribution is 5.92. The minimum atomic E-state index is -1.07. The molecule has 1 saturated heterocycles. The number of unbranched alkanes of at least 4 members (excludes halogenated alkanes) is 1. The van der Waals surface area contributed by atoms with Gasteiger partial charge in [0.15, 0.2) is 0 Å². The second kappa shape index (κ2) is 6.95. The second-order valence-corrected chi connectivity index (χ2v) is 4.34. The summed E-state index contributed by atoms with van der Waals surface area (Å²) in [5.41, 5.74) is 5.32. The van der Waals surface area contributed by atoms with E-state index in [1.54, 1.807) is 0 Å². The largest absolute Gasteiger partial charge is 0.480 e. The molecule has 7 nitrogen and oxygen atoms in total. The summed E-state index contributed by atoms with van der Waals surface area (Å²) in [6, 6.07) is -1.52. The molecule has 0 spiro atoms. The van der Waals surface area contributed by atoms with Crippen LogP contribution in [-0.2, 0) is 14.4 Å². The molecule has 0 aromatic heterocycles. The van der Waals surface area contributed by atoms with E-state index in [1.165, 1.54) is 0 Å². The highest BCUT2D eigenvalue weighted by Gasteiger charge is 2.30. The number of nitrogens with one attached hydrogen (secondary N) is 2. The summed E-state index contributed by atoms with van der Waals surface area (Å²) in [5.74, 6) is -1.67. The lowest BCUT2D eigenvalue weighted by atomic mass is 10.1. The van der Waals surface area contributed by atoms with Gasteiger partial charge in [-0.15, -0.1) is 0 Å². The number of rotatable bonds is 7. The van der Waals surface area contributed by atoms with Crippen molar-refractivity contribution in [2.45, 2.75) is 44.2 Å². The highest BCUT2D eigenvalue weighted by atomic mass is 16.4. The first-order valence-corrected chi connectivity index (χ1v) is 6.07. The molecule has 2 atom stereocenters. The van der Waals surface area contributed by atoms with Crippen LogP contribution in [0.5, 0.6) is 0 Å². The van der Waals surface area contributed by atoms with E-state index in [4.69, 9.17) is 10.8 Å². The van der Waals surface area contributed by atoms with Gasteiger partial charge >= 0.3 is 5.97 Å². The van der Waals surface area contributed by atoms with Gasteiger partial charge in [-0.3, -0.25) is 9.59 Å². The van der Waals surface area contributed by atoms with Crippen LogP contribution in [0.2, 0.25) is 0 Å². The number of hydrogen-bond donors (Lipinski definition) is 4. The Labute approximate surface area is 105 Å². The molecule has 0 bridgehead atoms. The van der Waals surface area contributed by atoms with Crippen LogP contribution >= 0.6 is 0 Å². The van der Waals surface area contributed by atoms with Crippen molar-refractivity contribution >= 4 is 17.8 Å². The van der Waals surface area contributed by atoms with Gasteiger partial charge in [0.1, 0.15) is 12.1 Å². The number of aliphatic carboxylic acids is 1. The molecule has 0 saturated carbocycles. The molecular weight excluding hydrogens is 238 g/mol. The van der Waals surface area contributed by atoms with Gasteiger partial charge in [-0.1, -0.05) is 0 Å². The van der Waals surface area contributed by atoms with Crippen molar-refractivity contribution in [1.29, 1.82) is 0 Å². The Hall–Kier alpha value is -1.63. The predicted octanol–water partition coefficient (Wildman–Crippen LogP) is -1.04.